The maximum Gasteiger partial charge on any atom is 0.302 e. The molecule has 0 aliphatic carbocycles. The Morgan fingerprint density at radius 2 is 1.85 bits per heavy atom. The highest BCUT2D eigenvalue weighted by molar-refractivity contribution is 5.66. The van der Waals surface area contributed by atoms with Crippen LogP contribution in [0.5, 0.6) is 0 Å². The summed E-state index contributed by atoms with van der Waals surface area (Å²) in [6, 6.07) is 1.31. The molecule has 2 rings (SSSR count). The van der Waals surface area contributed by atoms with Gasteiger partial charge in [0.2, 0.25) is 0 Å². The van der Waals surface area contributed by atoms with E-state index in [2.05, 4.69) is 11.9 Å². The average Bonchev–Trinajstić information content (AvgIpc) is 2.33. The Kier molecular flexibility index (Phi) is 2.28. The molecule has 3 heteroatoms. The maximum absolute atomic E-state index is 10.8. The zero-order valence-electron chi connectivity index (χ0n) is 8.32. The van der Waals surface area contributed by atoms with Crippen molar-refractivity contribution in [2.45, 2.75) is 50.8 Å². The van der Waals surface area contributed by atoms with Gasteiger partial charge in [-0.15, -0.1) is 0 Å². The maximum atomic E-state index is 10.8. The van der Waals surface area contributed by atoms with E-state index in [0.29, 0.717) is 12.1 Å². The lowest BCUT2D eigenvalue weighted by atomic mass is 10.0. The summed E-state index contributed by atoms with van der Waals surface area (Å²) in [4.78, 5) is 13.2. The summed E-state index contributed by atoms with van der Waals surface area (Å²) < 4.78 is 5.25. The lowest BCUT2D eigenvalue weighted by Crippen LogP contribution is -2.43. The third-order valence-electron chi connectivity index (χ3n) is 3.39. The molecule has 2 aliphatic heterocycles. The molecule has 2 fully saturated rings. The van der Waals surface area contributed by atoms with E-state index in [9.17, 15) is 4.79 Å². The smallest absolute Gasteiger partial charge is 0.302 e. The molecule has 2 heterocycles. The van der Waals surface area contributed by atoms with Crippen LogP contribution in [0.1, 0.15) is 32.6 Å². The summed E-state index contributed by atoms with van der Waals surface area (Å²) >= 11 is 0. The first-order chi connectivity index (χ1) is 6.16. The van der Waals surface area contributed by atoms with Gasteiger partial charge >= 0.3 is 5.97 Å². The Labute approximate surface area is 79.0 Å². The third kappa shape index (κ3) is 1.70. The normalized spacial score (nSPS) is 39.1. The van der Waals surface area contributed by atoms with E-state index in [1.807, 2.05) is 0 Å². The van der Waals surface area contributed by atoms with Crippen molar-refractivity contribution in [3.05, 3.63) is 0 Å². The second-order valence-electron chi connectivity index (χ2n) is 4.25. The molecule has 0 amide bonds. The quantitative estimate of drug-likeness (QED) is 0.572. The first-order valence-corrected chi connectivity index (χ1v) is 5.06. The standard InChI is InChI=1S/C10H17NO2/c1-7(12)13-10-5-8-3-4-9(6-10)11(8)2/h8-10H,3-6H2,1-2H3/t8-,9-/m1/s1. The summed E-state index contributed by atoms with van der Waals surface area (Å²) in [5.41, 5.74) is 0. The van der Waals surface area contributed by atoms with Gasteiger partial charge in [-0.2, -0.15) is 0 Å². The Hall–Kier alpha value is -0.570. The van der Waals surface area contributed by atoms with E-state index in [1.165, 1.54) is 19.8 Å². The molecule has 0 spiro atoms. The summed E-state index contributed by atoms with van der Waals surface area (Å²) in [6.07, 6.45) is 4.81. The molecule has 0 aromatic carbocycles. The fourth-order valence-electron chi connectivity index (χ4n) is 2.69. The SMILES string of the molecule is CC(=O)OC1C[C@H]2CC[C@H](C1)N2C. The Morgan fingerprint density at radius 1 is 1.31 bits per heavy atom. The van der Waals surface area contributed by atoms with Crippen molar-refractivity contribution >= 4 is 5.97 Å². The molecule has 2 aliphatic rings. The van der Waals surface area contributed by atoms with Gasteiger partial charge < -0.3 is 9.64 Å². The minimum Gasteiger partial charge on any atom is -0.462 e. The van der Waals surface area contributed by atoms with E-state index in [1.54, 1.807) is 0 Å². The van der Waals surface area contributed by atoms with E-state index in [4.69, 9.17) is 4.74 Å². The van der Waals surface area contributed by atoms with Gasteiger partial charge in [-0.05, 0) is 32.7 Å². The van der Waals surface area contributed by atoms with Crippen LogP contribution >= 0.6 is 0 Å². The Balaban J connectivity index is 1.95. The number of hydrogen-bond donors (Lipinski definition) is 0. The lowest BCUT2D eigenvalue weighted by Gasteiger charge is -2.35. The van der Waals surface area contributed by atoms with Crippen LogP contribution in [0.15, 0.2) is 0 Å². The molecule has 2 bridgehead atoms. The Bertz CT molecular complexity index is 203. The molecule has 13 heavy (non-hydrogen) atoms. The van der Waals surface area contributed by atoms with Crippen molar-refractivity contribution in [2.75, 3.05) is 7.05 Å². The number of rotatable bonds is 1. The van der Waals surface area contributed by atoms with Crippen molar-refractivity contribution in [2.24, 2.45) is 0 Å². The summed E-state index contributed by atoms with van der Waals surface area (Å²) in [6.45, 7) is 1.50. The van der Waals surface area contributed by atoms with Gasteiger partial charge in [-0.1, -0.05) is 0 Å². The van der Waals surface area contributed by atoms with Crippen molar-refractivity contribution in [3.63, 3.8) is 0 Å². The van der Waals surface area contributed by atoms with Crippen LogP contribution in [-0.2, 0) is 9.53 Å². The summed E-state index contributed by atoms with van der Waals surface area (Å²) in [5, 5.41) is 0. The highest BCUT2D eigenvalue weighted by atomic mass is 16.5. The van der Waals surface area contributed by atoms with Crippen LogP contribution in [0.3, 0.4) is 0 Å². The predicted octanol–water partition coefficient (Wildman–Crippen LogP) is 1.17. The van der Waals surface area contributed by atoms with Gasteiger partial charge in [0.25, 0.3) is 0 Å². The zero-order valence-corrected chi connectivity index (χ0v) is 8.32. The number of carbonyl (C=O) groups excluding carboxylic acids is 1. The van der Waals surface area contributed by atoms with Gasteiger partial charge in [0.15, 0.2) is 0 Å². The lowest BCUT2D eigenvalue weighted by molar-refractivity contribution is -0.149. The van der Waals surface area contributed by atoms with Crippen LogP contribution in [0, 0.1) is 0 Å². The second kappa shape index (κ2) is 3.29. The molecule has 0 saturated carbocycles. The van der Waals surface area contributed by atoms with Crippen molar-refractivity contribution in [1.29, 1.82) is 0 Å². The van der Waals surface area contributed by atoms with Crippen LogP contribution in [0.2, 0.25) is 0 Å². The number of ether oxygens (including phenoxy) is 1. The summed E-state index contributed by atoms with van der Waals surface area (Å²) in [7, 11) is 2.19. The fourth-order valence-corrected chi connectivity index (χ4v) is 2.69. The molecular formula is C10H17NO2. The molecule has 0 unspecified atom stereocenters. The van der Waals surface area contributed by atoms with Gasteiger partial charge in [-0.25, -0.2) is 0 Å². The van der Waals surface area contributed by atoms with E-state index in [0.717, 1.165) is 12.8 Å². The monoisotopic (exact) mass is 183 g/mol. The number of fused-ring (bicyclic) bond motifs is 2. The molecule has 2 saturated heterocycles. The highest BCUT2D eigenvalue weighted by Crippen LogP contribution is 2.35. The van der Waals surface area contributed by atoms with Crippen molar-refractivity contribution in [1.82, 2.24) is 4.90 Å². The van der Waals surface area contributed by atoms with Crippen LogP contribution in [0.25, 0.3) is 0 Å². The van der Waals surface area contributed by atoms with Gasteiger partial charge in [0, 0.05) is 19.0 Å². The number of piperidine rings is 1. The van der Waals surface area contributed by atoms with Crippen molar-refractivity contribution in [3.8, 4) is 0 Å². The molecule has 0 radical (unpaired) electrons. The van der Waals surface area contributed by atoms with Crippen LogP contribution in [0.4, 0.5) is 0 Å². The number of hydrogen-bond acceptors (Lipinski definition) is 3. The van der Waals surface area contributed by atoms with Crippen molar-refractivity contribution < 1.29 is 9.53 Å². The van der Waals surface area contributed by atoms with Crippen LogP contribution < -0.4 is 0 Å². The topological polar surface area (TPSA) is 29.5 Å². The largest absolute Gasteiger partial charge is 0.462 e. The Morgan fingerprint density at radius 3 is 2.31 bits per heavy atom. The number of carbonyl (C=O) groups is 1. The first kappa shape index (κ1) is 9.00. The number of nitrogens with zero attached hydrogens (tertiary/aromatic N) is 1. The highest BCUT2D eigenvalue weighted by Gasteiger charge is 2.39. The predicted molar refractivity (Wildman–Crippen MR) is 49.4 cm³/mol. The molecule has 0 aromatic heterocycles. The third-order valence-corrected chi connectivity index (χ3v) is 3.39. The zero-order chi connectivity index (χ0) is 9.42. The fraction of sp³-hybridized carbons (Fsp3) is 0.900. The van der Waals surface area contributed by atoms with E-state index < -0.39 is 0 Å². The van der Waals surface area contributed by atoms with E-state index >= 15 is 0 Å². The second-order valence-corrected chi connectivity index (χ2v) is 4.25. The molecule has 74 valence electrons. The molecule has 0 N–H and O–H groups in total. The number of esters is 1. The van der Waals surface area contributed by atoms with Gasteiger partial charge in [0.05, 0.1) is 0 Å². The molecule has 2 atom stereocenters. The van der Waals surface area contributed by atoms with Gasteiger partial charge in [0.1, 0.15) is 6.10 Å². The van der Waals surface area contributed by atoms with Crippen LogP contribution in [-0.4, -0.2) is 36.1 Å². The average molecular weight is 183 g/mol. The first-order valence-electron chi connectivity index (χ1n) is 5.06. The molecule has 3 nitrogen and oxygen atoms in total. The molecular weight excluding hydrogens is 166 g/mol. The summed E-state index contributed by atoms with van der Waals surface area (Å²) in [5.74, 6) is -0.131. The van der Waals surface area contributed by atoms with Gasteiger partial charge in [-0.3, -0.25) is 4.79 Å². The minimum atomic E-state index is -0.131. The minimum absolute atomic E-state index is 0.131. The van der Waals surface area contributed by atoms with E-state index in [-0.39, 0.29) is 12.1 Å². The molecule has 0 aromatic rings.